The first kappa shape index (κ1) is 8.00. The number of carboxylic acid groups (broad SMARTS) is 1. The number of imidazole rings is 1. The summed E-state index contributed by atoms with van der Waals surface area (Å²) >= 11 is 5.60. The molecule has 0 radical (unpaired) electrons. The summed E-state index contributed by atoms with van der Waals surface area (Å²) in [6.45, 7) is 0. The first-order valence-corrected chi connectivity index (χ1v) is 3.80. The predicted octanol–water partition coefficient (Wildman–Crippen LogP) is 1.31. The third kappa shape index (κ3) is 1.33. The van der Waals surface area contributed by atoms with E-state index in [1.54, 1.807) is 12.1 Å². The van der Waals surface area contributed by atoms with Crippen molar-refractivity contribution in [2.45, 2.75) is 0 Å². The van der Waals surface area contributed by atoms with Gasteiger partial charge in [0, 0.05) is 0 Å². The van der Waals surface area contributed by atoms with Crippen LogP contribution in [0, 0.1) is 0 Å². The molecule has 0 saturated heterocycles. The van der Waals surface area contributed by atoms with Gasteiger partial charge in [-0.05, 0) is 12.1 Å². The second-order valence-corrected chi connectivity index (χ2v) is 2.78. The lowest BCUT2D eigenvalue weighted by Gasteiger charge is -1.86. The van der Waals surface area contributed by atoms with E-state index in [4.69, 9.17) is 16.7 Å². The van der Waals surface area contributed by atoms with Crippen LogP contribution in [0.15, 0.2) is 12.1 Å². The molecule has 0 bridgehead atoms. The Hall–Kier alpha value is -1.62. The Bertz CT molecular complexity index is 480. The van der Waals surface area contributed by atoms with E-state index in [0.29, 0.717) is 11.2 Å². The van der Waals surface area contributed by atoms with E-state index in [1.807, 2.05) is 0 Å². The molecular formula is C7H4ClN3O2. The van der Waals surface area contributed by atoms with Crippen LogP contribution in [0.25, 0.3) is 11.2 Å². The molecule has 0 amide bonds. The molecule has 0 aliphatic carbocycles. The van der Waals surface area contributed by atoms with Crippen molar-refractivity contribution in [2.75, 3.05) is 0 Å². The normalized spacial score (nSPS) is 10.5. The Morgan fingerprint density at radius 1 is 1.46 bits per heavy atom. The average molecular weight is 198 g/mol. The Kier molecular flexibility index (Phi) is 1.66. The van der Waals surface area contributed by atoms with Gasteiger partial charge in [0.05, 0.1) is 5.52 Å². The standard InChI is InChI=1S/C7H4ClN3O2/c8-4-2-1-3-5(10-4)11-6(9-3)7(12)13/h1-2H,(H,12,13)(H,9,10,11). The largest absolute Gasteiger partial charge is 0.475 e. The highest BCUT2D eigenvalue weighted by Crippen LogP contribution is 2.12. The minimum atomic E-state index is -1.12. The predicted molar refractivity (Wildman–Crippen MR) is 45.9 cm³/mol. The molecule has 0 atom stereocenters. The summed E-state index contributed by atoms with van der Waals surface area (Å²) in [5.74, 6) is -1.25. The first-order valence-electron chi connectivity index (χ1n) is 3.42. The van der Waals surface area contributed by atoms with Gasteiger partial charge in [0.2, 0.25) is 5.82 Å². The van der Waals surface area contributed by atoms with Gasteiger partial charge in [-0.1, -0.05) is 11.6 Å². The molecule has 0 aliphatic heterocycles. The van der Waals surface area contributed by atoms with E-state index in [0.717, 1.165) is 0 Å². The Balaban J connectivity index is 2.68. The van der Waals surface area contributed by atoms with Crippen molar-refractivity contribution in [1.82, 2.24) is 15.0 Å². The number of aromatic amines is 1. The number of H-pyrrole nitrogens is 1. The maximum atomic E-state index is 10.5. The fourth-order valence-corrected chi connectivity index (χ4v) is 1.11. The van der Waals surface area contributed by atoms with Crippen LogP contribution in [-0.4, -0.2) is 26.0 Å². The van der Waals surface area contributed by atoms with Crippen LogP contribution in [0.5, 0.6) is 0 Å². The van der Waals surface area contributed by atoms with Crippen molar-refractivity contribution < 1.29 is 9.90 Å². The number of carboxylic acids is 1. The molecule has 0 fully saturated rings. The molecule has 0 unspecified atom stereocenters. The van der Waals surface area contributed by atoms with E-state index in [2.05, 4.69) is 15.0 Å². The highest BCUT2D eigenvalue weighted by atomic mass is 35.5. The summed E-state index contributed by atoms with van der Waals surface area (Å²) in [6.07, 6.45) is 0. The lowest BCUT2D eigenvalue weighted by molar-refractivity contribution is 0.0685. The molecule has 2 heterocycles. The zero-order valence-electron chi connectivity index (χ0n) is 6.28. The van der Waals surface area contributed by atoms with Crippen LogP contribution < -0.4 is 0 Å². The van der Waals surface area contributed by atoms with Crippen LogP contribution in [0.3, 0.4) is 0 Å². The Labute approximate surface area is 77.4 Å². The smallest absolute Gasteiger partial charge is 0.371 e. The van der Waals surface area contributed by atoms with Crippen molar-refractivity contribution in [3.8, 4) is 0 Å². The molecule has 0 aliphatic rings. The Morgan fingerprint density at radius 3 is 2.92 bits per heavy atom. The van der Waals surface area contributed by atoms with Crippen LogP contribution in [-0.2, 0) is 0 Å². The highest BCUT2D eigenvalue weighted by molar-refractivity contribution is 6.29. The number of carbonyl (C=O) groups is 1. The molecule has 13 heavy (non-hydrogen) atoms. The molecule has 2 rings (SSSR count). The summed E-state index contributed by atoms with van der Waals surface area (Å²) < 4.78 is 0. The van der Waals surface area contributed by atoms with Crippen LogP contribution >= 0.6 is 11.6 Å². The van der Waals surface area contributed by atoms with Gasteiger partial charge in [-0.15, -0.1) is 0 Å². The number of aromatic nitrogens is 3. The topological polar surface area (TPSA) is 78.9 Å². The molecular weight excluding hydrogens is 194 g/mol. The van der Waals surface area contributed by atoms with Gasteiger partial charge in [0.1, 0.15) is 5.15 Å². The second-order valence-electron chi connectivity index (χ2n) is 2.40. The van der Waals surface area contributed by atoms with Crippen molar-refractivity contribution in [1.29, 1.82) is 0 Å². The van der Waals surface area contributed by atoms with Gasteiger partial charge in [0.25, 0.3) is 0 Å². The third-order valence-electron chi connectivity index (χ3n) is 1.51. The minimum Gasteiger partial charge on any atom is -0.475 e. The van der Waals surface area contributed by atoms with Crippen LogP contribution in [0.1, 0.15) is 10.6 Å². The number of halogens is 1. The number of nitrogens with zero attached hydrogens (tertiary/aromatic N) is 2. The first-order chi connectivity index (χ1) is 6.16. The van der Waals surface area contributed by atoms with E-state index < -0.39 is 5.97 Å². The van der Waals surface area contributed by atoms with Gasteiger partial charge in [-0.3, -0.25) is 0 Å². The fourth-order valence-electron chi connectivity index (χ4n) is 0.971. The summed E-state index contributed by atoms with van der Waals surface area (Å²) in [7, 11) is 0. The maximum Gasteiger partial charge on any atom is 0.371 e. The van der Waals surface area contributed by atoms with Gasteiger partial charge in [0.15, 0.2) is 5.65 Å². The van der Waals surface area contributed by atoms with Gasteiger partial charge >= 0.3 is 5.97 Å². The van der Waals surface area contributed by atoms with Crippen LogP contribution in [0.2, 0.25) is 5.15 Å². The molecule has 0 aromatic carbocycles. The number of hydrogen-bond donors (Lipinski definition) is 2. The summed E-state index contributed by atoms with van der Waals surface area (Å²) in [5, 5.41) is 8.89. The van der Waals surface area contributed by atoms with E-state index >= 15 is 0 Å². The molecule has 0 saturated carbocycles. The summed E-state index contributed by atoms with van der Waals surface area (Å²) in [4.78, 5) is 20.7. The number of aromatic carboxylic acids is 1. The van der Waals surface area contributed by atoms with Gasteiger partial charge in [-0.2, -0.15) is 0 Å². The quantitative estimate of drug-likeness (QED) is 0.676. The second kappa shape index (κ2) is 2.70. The molecule has 0 spiro atoms. The zero-order chi connectivity index (χ0) is 9.42. The zero-order valence-corrected chi connectivity index (χ0v) is 7.04. The monoisotopic (exact) mass is 197 g/mol. The summed E-state index contributed by atoms with van der Waals surface area (Å²) in [5.41, 5.74) is 0.867. The average Bonchev–Trinajstić information content (AvgIpc) is 2.46. The van der Waals surface area contributed by atoms with Crippen molar-refractivity contribution in [3.63, 3.8) is 0 Å². The van der Waals surface area contributed by atoms with E-state index in [9.17, 15) is 4.79 Å². The van der Waals surface area contributed by atoms with Crippen molar-refractivity contribution >= 4 is 28.7 Å². The molecule has 66 valence electrons. The van der Waals surface area contributed by atoms with E-state index in [-0.39, 0.29) is 11.0 Å². The number of rotatable bonds is 1. The minimum absolute atomic E-state index is 0.134. The summed E-state index contributed by atoms with van der Waals surface area (Å²) in [6, 6.07) is 3.19. The number of fused-ring (bicyclic) bond motifs is 1. The lowest BCUT2D eigenvalue weighted by Crippen LogP contribution is -1.97. The number of hydrogen-bond acceptors (Lipinski definition) is 3. The maximum absolute atomic E-state index is 10.5. The highest BCUT2D eigenvalue weighted by Gasteiger charge is 2.09. The Morgan fingerprint density at radius 2 is 2.23 bits per heavy atom. The van der Waals surface area contributed by atoms with Crippen LogP contribution in [0.4, 0.5) is 0 Å². The molecule has 2 N–H and O–H groups in total. The number of pyridine rings is 1. The lowest BCUT2D eigenvalue weighted by atomic mass is 10.4. The molecule has 6 heteroatoms. The van der Waals surface area contributed by atoms with Crippen molar-refractivity contribution in [2.24, 2.45) is 0 Å². The molecule has 2 aromatic heterocycles. The number of nitrogens with one attached hydrogen (secondary N) is 1. The van der Waals surface area contributed by atoms with Gasteiger partial charge < -0.3 is 10.1 Å². The molecule has 5 nitrogen and oxygen atoms in total. The SMILES string of the molecule is O=C(O)c1nc2nc(Cl)ccc2[nH]1. The molecule has 2 aromatic rings. The van der Waals surface area contributed by atoms with Gasteiger partial charge in [-0.25, -0.2) is 14.8 Å². The fraction of sp³-hybridized carbons (Fsp3) is 0. The van der Waals surface area contributed by atoms with E-state index in [1.165, 1.54) is 0 Å². The third-order valence-corrected chi connectivity index (χ3v) is 1.72. The van der Waals surface area contributed by atoms with Crippen molar-refractivity contribution in [3.05, 3.63) is 23.1 Å².